The summed E-state index contributed by atoms with van der Waals surface area (Å²) >= 11 is 0. The van der Waals surface area contributed by atoms with E-state index in [2.05, 4.69) is 31.2 Å². The Balaban J connectivity index is 2.08. The summed E-state index contributed by atoms with van der Waals surface area (Å²) in [7, 11) is 3.55. The van der Waals surface area contributed by atoms with Crippen LogP contribution in [0.15, 0.2) is 6.20 Å². The summed E-state index contributed by atoms with van der Waals surface area (Å²) in [4.78, 5) is 12.3. The molecule has 1 amide bonds. The van der Waals surface area contributed by atoms with E-state index < -0.39 is 0 Å². The van der Waals surface area contributed by atoms with Crippen molar-refractivity contribution in [2.75, 3.05) is 7.11 Å². The van der Waals surface area contributed by atoms with E-state index >= 15 is 0 Å². The molecule has 1 saturated carbocycles. The van der Waals surface area contributed by atoms with Crippen LogP contribution in [0.25, 0.3) is 0 Å². The smallest absolute Gasteiger partial charge is 0.254 e. The van der Waals surface area contributed by atoms with Gasteiger partial charge in [-0.15, -0.1) is 0 Å². The van der Waals surface area contributed by atoms with Gasteiger partial charge in [-0.2, -0.15) is 5.10 Å². The zero-order valence-corrected chi connectivity index (χ0v) is 12.6. The van der Waals surface area contributed by atoms with E-state index in [1.807, 2.05) is 14.0 Å². The first-order valence-corrected chi connectivity index (χ1v) is 6.57. The molecule has 2 atom stereocenters. The molecule has 0 spiro atoms. The summed E-state index contributed by atoms with van der Waals surface area (Å²) in [6, 6.07) is 0.129. The fourth-order valence-corrected chi connectivity index (χ4v) is 2.78. The molecule has 2 unspecified atom stereocenters. The number of hydrogen-bond donors (Lipinski definition) is 1. The third kappa shape index (κ3) is 2.06. The largest absolute Gasteiger partial charge is 0.378 e. The van der Waals surface area contributed by atoms with E-state index in [0.29, 0.717) is 5.56 Å². The molecule has 1 aliphatic rings. The van der Waals surface area contributed by atoms with E-state index in [9.17, 15) is 4.79 Å². The number of aromatic nitrogens is 2. The number of rotatable bonds is 3. The molecule has 0 aromatic carbocycles. The standard InChI is InChI=1S/C14H23N3O2/c1-9-10(8-17(5)16-9)12(18)15-11-7-14(4,19-6)13(11,2)3/h8,11H,7H2,1-6H3,(H,15,18). The lowest BCUT2D eigenvalue weighted by Crippen LogP contribution is -2.68. The van der Waals surface area contributed by atoms with Crippen LogP contribution in [0.4, 0.5) is 0 Å². The number of hydrogen-bond acceptors (Lipinski definition) is 3. The fraction of sp³-hybridized carbons (Fsp3) is 0.714. The van der Waals surface area contributed by atoms with Crippen LogP contribution in [0.1, 0.15) is 43.2 Å². The first-order valence-electron chi connectivity index (χ1n) is 6.57. The first kappa shape index (κ1) is 14.1. The minimum absolute atomic E-state index is 0.0539. The lowest BCUT2D eigenvalue weighted by Gasteiger charge is -2.59. The van der Waals surface area contributed by atoms with Crippen LogP contribution in [0.5, 0.6) is 0 Å². The molecular formula is C14H23N3O2. The van der Waals surface area contributed by atoms with Crippen molar-refractivity contribution in [3.63, 3.8) is 0 Å². The highest BCUT2D eigenvalue weighted by molar-refractivity contribution is 5.95. The van der Waals surface area contributed by atoms with Crippen molar-refractivity contribution in [3.8, 4) is 0 Å². The van der Waals surface area contributed by atoms with Crippen LogP contribution in [0.3, 0.4) is 0 Å². The van der Waals surface area contributed by atoms with Gasteiger partial charge in [-0.3, -0.25) is 9.48 Å². The number of nitrogens with one attached hydrogen (secondary N) is 1. The Labute approximate surface area is 114 Å². The highest BCUT2D eigenvalue weighted by Gasteiger charge is 2.58. The molecule has 106 valence electrons. The molecule has 2 rings (SSSR count). The SMILES string of the molecule is COC1(C)CC(NC(=O)c2cn(C)nc2C)C1(C)C. The first-order chi connectivity index (χ1) is 8.71. The van der Waals surface area contributed by atoms with Gasteiger partial charge in [-0.05, 0) is 20.3 Å². The van der Waals surface area contributed by atoms with Crippen LogP contribution in [0, 0.1) is 12.3 Å². The molecular weight excluding hydrogens is 242 g/mol. The van der Waals surface area contributed by atoms with E-state index in [0.717, 1.165) is 12.1 Å². The van der Waals surface area contributed by atoms with Crippen LogP contribution in [-0.2, 0) is 11.8 Å². The maximum absolute atomic E-state index is 12.3. The van der Waals surface area contributed by atoms with Gasteiger partial charge in [0, 0.05) is 31.8 Å². The molecule has 1 heterocycles. The van der Waals surface area contributed by atoms with Crippen molar-refractivity contribution in [1.82, 2.24) is 15.1 Å². The van der Waals surface area contributed by atoms with E-state index in [1.165, 1.54) is 0 Å². The highest BCUT2D eigenvalue weighted by Crippen LogP contribution is 2.51. The van der Waals surface area contributed by atoms with E-state index in [1.54, 1.807) is 18.0 Å². The Morgan fingerprint density at radius 2 is 2.16 bits per heavy atom. The second-order valence-electron chi connectivity index (χ2n) is 6.19. The number of ether oxygens (including phenoxy) is 1. The Morgan fingerprint density at radius 1 is 1.53 bits per heavy atom. The van der Waals surface area contributed by atoms with Crippen LogP contribution in [-0.4, -0.2) is 34.4 Å². The average molecular weight is 265 g/mol. The summed E-state index contributed by atoms with van der Waals surface area (Å²) < 4.78 is 7.23. The Kier molecular flexibility index (Phi) is 3.21. The van der Waals surface area contributed by atoms with Gasteiger partial charge in [0.2, 0.25) is 0 Å². The van der Waals surface area contributed by atoms with Crippen LogP contribution in [0.2, 0.25) is 0 Å². The quantitative estimate of drug-likeness (QED) is 0.904. The minimum Gasteiger partial charge on any atom is -0.378 e. The van der Waals surface area contributed by atoms with Crippen molar-refractivity contribution in [2.45, 2.75) is 45.8 Å². The average Bonchev–Trinajstić information content (AvgIpc) is 2.67. The van der Waals surface area contributed by atoms with Crippen molar-refractivity contribution in [1.29, 1.82) is 0 Å². The van der Waals surface area contributed by atoms with Gasteiger partial charge < -0.3 is 10.1 Å². The van der Waals surface area contributed by atoms with Crippen molar-refractivity contribution in [2.24, 2.45) is 12.5 Å². The van der Waals surface area contributed by atoms with Crippen molar-refractivity contribution >= 4 is 5.91 Å². The molecule has 0 saturated heterocycles. The number of nitrogens with zero attached hydrogens (tertiary/aromatic N) is 2. The molecule has 5 nitrogen and oxygen atoms in total. The van der Waals surface area contributed by atoms with Crippen LogP contribution < -0.4 is 5.32 Å². The summed E-state index contributed by atoms with van der Waals surface area (Å²) in [6.45, 7) is 8.19. The van der Waals surface area contributed by atoms with Gasteiger partial charge in [0.05, 0.1) is 16.9 Å². The topological polar surface area (TPSA) is 56.1 Å². The molecule has 1 aliphatic carbocycles. The predicted octanol–water partition coefficient (Wildman–Crippen LogP) is 1.66. The Morgan fingerprint density at radius 3 is 2.58 bits per heavy atom. The van der Waals surface area contributed by atoms with Gasteiger partial charge in [0.1, 0.15) is 0 Å². The number of amides is 1. The molecule has 1 N–H and O–H groups in total. The third-order valence-electron chi connectivity index (χ3n) is 4.84. The van der Waals surface area contributed by atoms with Gasteiger partial charge in [-0.25, -0.2) is 0 Å². The highest BCUT2D eigenvalue weighted by atomic mass is 16.5. The maximum atomic E-state index is 12.3. The number of methoxy groups -OCH3 is 1. The zero-order chi connectivity index (χ0) is 14.4. The van der Waals surface area contributed by atoms with Gasteiger partial charge >= 0.3 is 0 Å². The van der Waals surface area contributed by atoms with E-state index in [-0.39, 0.29) is 23.0 Å². The molecule has 0 bridgehead atoms. The van der Waals surface area contributed by atoms with Gasteiger partial charge in [0.25, 0.3) is 5.91 Å². The lowest BCUT2D eigenvalue weighted by molar-refractivity contribution is -0.177. The van der Waals surface area contributed by atoms with Gasteiger partial charge in [0.15, 0.2) is 0 Å². The van der Waals surface area contributed by atoms with Crippen LogP contribution >= 0.6 is 0 Å². The third-order valence-corrected chi connectivity index (χ3v) is 4.84. The summed E-state index contributed by atoms with van der Waals surface area (Å²) in [5.74, 6) is -0.0539. The Bertz CT molecular complexity index is 507. The molecule has 0 radical (unpaired) electrons. The molecule has 19 heavy (non-hydrogen) atoms. The molecule has 1 fully saturated rings. The minimum atomic E-state index is -0.172. The van der Waals surface area contributed by atoms with Gasteiger partial charge in [-0.1, -0.05) is 13.8 Å². The monoisotopic (exact) mass is 265 g/mol. The second kappa shape index (κ2) is 4.34. The van der Waals surface area contributed by atoms with Crippen molar-refractivity contribution in [3.05, 3.63) is 17.5 Å². The zero-order valence-electron chi connectivity index (χ0n) is 12.6. The summed E-state index contributed by atoms with van der Waals surface area (Å²) in [5.41, 5.74) is 1.15. The molecule has 1 aromatic rings. The van der Waals surface area contributed by atoms with Crippen molar-refractivity contribution < 1.29 is 9.53 Å². The summed E-state index contributed by atoms with van der Waals surface area (Å²) in [5, 5.41) is 7.29. The Hall–Kier alpha value is -1.36. The predicted molar refractivity (Wildman–Crippen MR) is 73.0 cm³/mol. The van der Waals surface area contributed by atoms with E-state index in [4.69, 9.17) is 4.74 Å². The number of aryl methyl sites for hydroxylation is 2. The molecule has 0 aliphatic heterocycles. The normalized spacial score (nSPS) is 28.8. The lowest BCUT2D eigenvalue weighted by atomic mass is 9.56. The second-order valence-corrected chi connectivity index (χ2v) is 6.19. The maximum Gasteiger partial charge on any atom is 0.254 e. The fourth-order valence-electron chi connectivity index (χ4n) is 2.78. The molecule has 5 heteroatoms. The molecule has 1 aromatic heterocycles. The number of carbonyl (C=O) groups is 1. The number of carbonyl (C=O) groups excluding carboxylic acids is 1. The summed E-state index contributed by atoms with van der Waals surface area (Å²) in [6.07, 6.45) is 2.59.